The summed E-state index contributed by atoms with van der Waals surface area (Å²) in [6.45, 7) is 9.27. The molecule has 0 spiro atoms. The Hall–Kier alpha value is -3.97. The number of carbonyl (C=O) groups is 2. The molecular formula is C36H42N2O4S. The predicted octanol–water partition coefficient (Wildman–Crippen LogP) is 8.55. The number of rotatable bonds is 14. The second-order valence-corrected chi connectivity index (χ2v) is 12.8. The van der Waals surface area contributed by atoms with E-state index in [2.05, 4.69) is 33.0 Å². The molecule has 1 amide bonds. The van der Waals surface area contributed by atoms with Crippen LogP contribution in [0.1, 0.15) is 81.3 Å². The van der Waals surface area contributed by atoms with Crippen LogP contribution < -0.4 is 10.1 Å². The van der Waals surface area contributed by atoms with Crippen LogP contribution in [0.2, 0.25) is 0 Å². The highest BCUT2D eigenvalue weighted by molar-refractivity contribution is 7.13. The molecule has 0 aliphatic carbocycles. The highest BCUT2D eigenvalue weighted by Gasteiger charge is 2.22. The number of benzene rings is 3. The van der Waals surface area contributed by atoms with E-state index in [0.717, 1.165) is 51.7 Å². The maximum Gasteiger partial charge on any atom is 0.326 e. The van der Waals surface area contributed by atoms with Gasteiger partial charge in [0.1, 0.15) is 16.8 Å². The summed E-state index contributed by atoms with van der Waals surface area (Å²) < 4.78 is 5.89. The number of aromatic nitrogens is 1. The van der Waals surface area contributed by atoms with E-state index in [9.17, 15) is 14.7 Å². The number of nitrogens with zero attached hydrogens (tertiary/aromatic N) is 1. The van der Waals surface area contributed by atoms with Crippen molar-refractivity contribution >= 4 is 23.2 Å². The van der Waals surface area contributed by atoms with Gasteiger partial charge in [0.25, 0.3) is 5.91 Å². The fraction of sp³-hybridized carbons (Fsp3) is 0.361. The van der Waals surface area contributed by atoms with E-state index in [4.69, 9.17) is 9.72 Å². The molecular weight excluding hydrogens is 556 g/mol. The third-order valence-electron chi connectivity index (χ3n) is 7.43. The van der Waals surface area contributed by atoms with Gasteiger partial charge in [0.05, 0.1) is 12.3 Å². The SMILES string of the molecule is CCCCCCCOc1ccc(-c2csc(-c3ccc(C[C@H](NC(=O)c4ccc(C(C)(C)C)cc4)C(=O)O)cc3)n2)cc1. The molecule has 3 aromatic carbocycles. The third kappa shape index (κ3) is 9.26. The van der Waals surface area contributed by atoms with Crippen molar-refractivity contribution in [3.05, 3.63) is 94.9 Å². The minimum Gasteiger partial charge on any atom is -0.494 e. The van der Waals surface area contributed by atoms with E-state index in [1.165, 1.54) is 25.7 Å². The van der Waals surface area contributed by atoms with E-state index >= 15 is 0 Å². The van der Waals surface area contributed by atoms with Crippen LogP contribution >= 0.6 is 11.3 Å². The molecule has 43 heavy (non-hydrogen) atoms. The summed E-state index contributed by atoms with van der Waals surface area (Å²) in [6, 6.07) is 22.0. The molecule has 4 aromatic rings. The van der Waals surface area contributed by atoms with Gasteiger partial charge in [-0.3, -0.25) is 4.79 Å². The van der Waals surface area contributed by atoms with Gasteiger partial charge in [0.2, 0.25) is 0 Å². The first-order chi connectivity index (χ1) is 20.6. The molecule has 0 bridgehead atoms. The lowest BCUT2D eigenvalue weighted by Gasteiger charge is -2.19. The Labute approximate surface area is 259 Å². The third-order valence-corrected chi connectivity index (χ3v) is 8.32. The summed E-state index contributed by atoms with van der Waals surface area (Å²) in [5.41, 5.74) is 5.22. The average Bonchev–Trinajstić information content (AvgIpc) is 3.49. The molecule has 7 heteroatoms. The van der Waals surface area contributed by atoms with Crippen LogP contribution in [0.25, 0.3) is 21.8 Å². The summed E-state index contributed by atoms with van der Waals surface area (Å²) in [5, 5.41) is 15.4. The van der Waals surface area contributed by atoms with Crippen LogP contribution in [0.5, 0.6) is 5.75 Å². The molecule has 0 saturated heterocycles. The molecule has 0 unspecified atom stereocenters. The Morgan fingerprint density at radius 2 is 1.53 bits per heavy atom. The highest BCUT2D eigenvalue weighted by atomic mass is 32.1. The van der Waals surface area contributed by atoms with Gasteiger partial charge in [0.15, 0.2) is 0 Å². The minimum atomic E-state index is -1.07. The summed E-state index contributed by atoms with van der Waals surface area (Å²) in [6.07, 6.45) is 6.26. The van der Waals surface area contributed by atoms with E-state index in [1.54, 1.807) is 23.5 Å². The summed E-state index contributed by atoms with van der Waals surface area (Å²) >= 11 is 1.56. The van der Waals surface area contributed by atoms with Crippen molar-refractivity contribution in [2.75, 3.05) is 6.61 Å². The number of carbonyl (C=O) groups excluding carboxylic acids is 1. The lowest BCUT2D eigenvalue weighted by molar-refractivity contribution is -0.139. The average molecular weight is 599 g/mol. The van der Waals surface area contributed by atoms with E-state index in [-0.39, 0.29) is 11.8 Å². The Kier molecular flexibility index (Phi) is 11.1. The normalized spacial score (nSPS) is 12.1. The number of carboxylic acid groups (broad SMARTS) is 1. The summed E-state index contributed by atoms with van der Waals surface area (Å²) in [5.74, 6) is -0.599. The van der Waals surface area contributed by atoms with Gasteiger partial charge in [-0.15, -0.1) is 11.3 Å². The van der Waals surface area contributed by atoms with Crippen LogP contribution in [0, 0.1) is 0 Å². The predicted molar refractivity (Wildman–Crippen MR) is 175 cm³/mol. The number of carboxylic acids is 1. The molecule has 1 aromatic heterocycles. The molecule has 226 valence electrons. The van der Waals surface area contributed by atoms with Gasteiger partial charge in [-0.25, -0.2) is 9.78 Å². The number of ether oxygens (including phenoxy) is 1. The van der Waals surface area contributed by atoms with Gasteiger partial charge < -0.3 is 15.2 Å². The first kappa shape index (κ1) is 32.0. The molecule has 4 rings (SSSR count). The number of nitrogens with one attached hydrogen (secondary N) is 1. The number of thiazole rings is 1. The molecule has 6 nitrogen and oxygen atoms in total. The largest absolute Gasteiger partial charge is 0.494 e. The number of hydrogen-bond acceptors (Lipinski definition) is 5. The molecule has 1 atom stereocenters. The molecule has 0 saturated carbocycles. The van der Waals surface area contributed by atoms with Crippen molar-refractivity contribution < 1.29 is 19.4 Å². The van der Waals surface area contributed by atoms with Gasteiger partial charge in [-0.05, 0) is 59.4 Å². The fourth-order valence-electron chi connectivity index (χ4n) is 4.74. The molecule has 1 heterocycles. The van der Waals surface area contributed by atoms with Crippen LogP contribution in [-0.2, 0) is 16.6 Å². The van der Waals surface area contributed by atoms with Crippen molar-refractivity contribution in [3.63, 3.8) is 0 Å². The Morgan fingerprint density at radius 1 is 0.884 bits per heavy atom. The second kappa shape index (κ2) is 15.0. The van der Waals surface area contributed by atoms with Crippen LogP contribution in [0.4, 0.5) is 0 Å². The first-order valence-electron chi connectivity index (χ1n) is 15.1. The van der Waals surface area contributed by atoms with E-state index in [0.29, 0.717) is 5.56 Å². The van der Waals surface area contributed by atoms with Crippen molar-refractivity contribution in [2.24, 2.45) is 0 Å². The zero-order valence-corrected chi connectivity index (χ0v) is 26.4. The molecule has 0 aliphatic heterocycles. The van der Waals surface area contributed by atoms with Gasteiger partial charge in [-0.1, -0.05) is 89.8 Å². The number of unbranched alkanes of at least 4 members (excludes halogenated alkanes) is 4. The van der Waals surface area contributed by atoms with Crippen molar-refractivity contribution in [3.8, 4) is 27.6 Å². The topological polar surface area (TPSA) is 88.5 Å². The number of amides is 1. The van der Waals surface area contributed by atoms with Gasteiger partial charge in [-0.2, -0.15) is 0 Å². The number of hydrogen-bond donors (Lipinski definition) is 2. The molecule has 2 N–H and O–H groups in total. The van der Waals surface area contributed by atoms with Crippen molar-refractivity contribution in [1.29, 1.82) is 0 Å². The van der Waals surface area contributed by atoms with E-state index < -0.39 is 17.9 Å². The Balaban J connectivity index is 1.33. The second-order valence-electron chi connectivity index (χ2n) is 11.9. The van der Waals surface area contributed by atoms with Crippen LogP contribution in [-0.4, -0.2) is 34.6 Å². The molecule has 0 radical (unpaired) electrons. The first-order valence-corrected chi connectivity index (χ1v) is 15.9. The fourth-order valence-corrected chi connectivity index (χ4v) is 5.57. The maximum atomic E-state index is 12.8. The molecule has 0 fully saturated rings. The summed E-state index contributed by atoms with van der Waals surface area (Å²) in [4.78, 5) is 29.6. The van der Waals surface area contributed by atoms with Crippen molar-refractivity contribution in [1.82, 2.24) is 10.3 Å². The van der Waals surface area contributed by atoms with Crippen LogP contribution in [0.3, 0.4) is 0 Å². The summed E-state index contributed by atoms with van der Waals surface area (Å²) in [7, 11) is 0. The number of aliphatic carboxylic acids is 1. The Morgan fingerprint density at radius 3 is 2.16 bits per heavy atom. The van der Waals surface area contributed by atoms with E-state index in [1.807, 2.05) is 66.0 Å². The van der Waals surface area contributed by atoms with Gasteiger partial charge >= 0.3 is 5.97 Å². The van der Waals surface area contributed by atoms with Gasteiger partial charge in [0, 0.05) is 28.5 Å². The maximum absolute atomic E-state index is 12.8. The quantitative estimate of drug-likeness (QED) is 0.142. The zero-order valence-electron chi connectivity index (χ0n) is 25.6. The highest BCUT2D eigenvalue weighted by Crippen LogP contribution is 2.30. The zero-order chi connectivity index (χ0) is 30.8. The molecule has 0 aliphatic rings. The van der Waals surface area contributed by atoms with Crippen molar-refractivity contribution in [2.45, 2.75) is 77.7 Å². The Bertz CT molecular complexity index is 1470. The lowest BCUT2D eigenvalue weighted by Crippen LogP contribution is -2.42. The monoisotopic (exact) mass is 598 g/mol. The minimum absolute atomic E-state index is 0.0291. The van der Waals surface area contributed by atoms with Crippen LogP contribution in [0.15, 0.2) is 78.2 Å². The lowest BCUT2D eigenvalue weighted by atomic mass is 9.86. The smallest absolute Gasteiger partial charge is 0.326 e. The standard InChI is InChI=1S/C36H42N2O4S/c1-5-6-7-8-9-22-42-30-20-16-26(17-21-30)32-24-43-34(38-32)28-12-10-25(11-13-28)23-31(35(40)41)37-33(39)27-14-18-29(19-15-27)36(2,3)4/h10-21,24,31H,5-9,22-23H2,1-4H3,(H,37,39)(H,40,41)/t31-/m0/s1.